The zero-order chi connectivity index (χ0) is 18.7. The molecule has 1 unspecified atom stereocenters. The normalized spacial score (nSPS) is 28.8. The van der Waals surface area contributed by atoms with Gasteiger partial charge in [-0.1, -0.05) is 30.3 Å². The Hall–Kier alpha value is -2.53. The lowest BCUT2D eigenvalue weighted by atomic mass is 9.67. The van der Waals surface area contributed by atoms with Crippen LogP contribution in [-0.4, -0.2) is 45.1 Å². The molecule has 2 bridgehead atoms. The Labute approximate surface area is 164 Å². The molecule has 1 aliphatic carbocycles. The Morgan fingerprint density at radius 1 is 1.07 bits per heavy atom. The van der Waals surface area contributed by atoms with Gasteiger partial charge in [-0.2, -0.15) is 5.10 Å². The molecule has 2 aromatic heterocycles. The van der Waals surface area contributed by atoms with Crippen LogP contribution in [0.15, 0.2) is 42.7 Å². The van der Waals surface area contributed by atoms with E-state index in [0.29, 0.717) is 24.2 Å². The SMILES string of the molecule is O=C1c2cncc3c2c(nn3Cc2ccccc2)C[C@@H]1C1CN2CCC1CC2. The summed E-state index contributed by atoms with van der Waals surface area (Å²) in [5, 5.41) is 6.00. The number of benzene rings is 1. The van der Waals surface area contributed by atoms with Crippen LogP contribution in [0.4, 0.5) is 0 Å². The lowest BCUT2D eigenvalue weighted by Gasteiger charge is -2.47. The van der Waals surface area contributed by atoms with Gasteiger partial charge >= 0.3 is 0 Å². The highest BCUT2D eigenvalue weighted by atomic mass is 16.1. The Morgan fingerprint density at radius 3 is 2.64 bits per heavy atom. The molecule has 0 amide bonds. The van der Waals surface area contributed by atoms with Gasteiger partial charge in [-0.15, -0.1) is 0 Å². The second kappa shape index (κ2) is 6.24. The Kier molecular flexibility index (Phi) is 3.66. The molecule has 0 N–H and O–H groups in total. The summed E-state index contributed by atoms with van der Waals surface area (Å²) in [7, 11) is 0. The van der Waals surface area contributed by atoms with Crippen LogP contribution in [0.1, 0.15) is 34.5 Å². The van der Waals surface area contributed by atoms with Gasteiger partial charge in [-0.25, -0.2) is 0 Å². The number of carbonyl (C=O) groups excluding carboxylic acids is 1. The molecular weight excluding hydrogens is 348 g/mol. The van der Waals surface area contributed by atoms with Crippen molar-refractivity contribution in [3.8, 4) is 0 Å². The second-order valence-electron chi connectivity index (χ2n) is 8.65. The molecule has 4 aliphatic rings. The first-order chi connectivity index (χ1) is 13.8. The van der Waals surface area contributed by atoms with Crippen LogP contribution in [0.25, 0.3) is 10.9 Å². The monoisotopic (exact) mass is 372 g/mol. The van der Waals surface area contributed by atoms with Crippen molar-refractivity contribution >= 4 is 16.7 Å². The van der Waals surface area contributed by atoms with Crippen molar-refractivity contribution in [2.45, 2.75) is 25.8 Å². The lowest BCUT2D eigenvalue weighted by Crippen LogP contribution is -2.51. The number of fused-ring (bicyclic) bond motifs is 3. The fourth-order valence-electron chi connectivity index (χ4n) is 5.72. The molecule has 28 heavy (non-hydrogen) atoms. The number of hydrogen-bond acceptors (Lipinski definition) is 4. The van der Waals surface area contributed by atoms with E-state index in [1.165, 1.54) is 31.5 Å². The highest BCUT2D eigenvalue weighted by Crippen LogP contribution is 2.42. The molecule has 2 atom stereocenters. The van der Waals surface area contributed by atoms with Gasteiger partial charge in [0.1, 0.15) is 0 Å². The maximum atomic E-state index is 13.5. The topological polar surface area (TPSA) is 51.0 Å². The number of rotatable bonds is 3. The van der Waals surface area contributed by atoms with Gasteiger partial charge in [0.15, 0.2) is 5.78 Å². The van der Waals surface area contributed by atoms with Gasteiger partial charge in [0.05, 0.1) is 24.0 Å². The summed E-state index contributed by atoms with van der Waals surface area (Å²) in [4.78, 5) is 20.4. The van der Waals surface area contributed by atoms with Gasteiger partial charge in [-0.05, 0) is 43.3 Å². The second-order valence-corrected chi connectivity index (χ2v) is 8.65. The van der Waals surface area contributed by atoms with Crippen molar-refractivity contribution in [2.75, 3.05) is 19.6 Å². The number of hydrogen-bond donors (Lipinski definition) is 0. The highest BCUT2D eigenvalue weighted by Gasteiger charge is 2.44. The van der Waals surface area contributed by atoms with E-state index in [2.05, 4.69) is 34.1 Å². The number of Topliss-reactive ketones (excluding diaryl/α,β-unsaturated/α-hetero) is 1. The third-order valence-electron chi connectivity index (χ3n) is 7.15. The summed E-state index contributed by atoms with van der Waals surface area (Å²) in [6.45, 7) is 4.19. The van der Waals surface area contributed by atoms with Crippen molar-refractivity contribution in [3.63, 3.8) is 0 Å². The summed E-state index contributed by atoms with van der Waals surface area (Å²) < 4.78 is 2.03. The van der Waals surface area contributed by atoms with Crippen LogP contribution in [0.2, 0.25) is 0 Å². The van der Waals surface area contributed by atoms with E-state index in [0.717, 1.165) is 35.1 Å². The molecule has 1 aromatic carbocycles. The number of pyridine rings is 1. The molecule has 3 aromatic rings. The average molecular weight is 372 g/mol. The molecule has 0 radical (unpaired) electrons. The zero-order valence-corrected chi connectivity index (χ0v) is 15.9. The highest BCUT2D eigenvalue weighted by molar-refractivity contribution is 6.11. The van der Waals surface area contributed by atoms with Crippen LogP contribution < -0.4 is 0 Å². The van der Waals surface area contributed by atoms with Gasteiger partial charge in [0.2, 0.25) is 0 Å². The molecule has 5 heteroatoms. The molecule has 3 saturated heterocycles. The first-order valence-corrected chi connectivity index (χ1v) is 10.4. The molecule has 5 nitrogen and oxygen atoms in total. The zero-order valence-electron chi connectivity index (χ0n) is 15.9. The van der Waals surface area contributed by atoms with Crippen molar-refractivity contribution in [3.05, 3.63) is 59.5 Å². The van der Waals surface area contributed by atoms with E-state index in [9.17, 15) is 4.79 Å². The number of carbonyl (C=O) groups is 1. The molecule has 0 saturated carbocycles. The number of aromatic nitrogens is 3. The predicted molar refractivity (Wildman–Crippen MR) is 107 cm³/mol. The number of ketones is 1. The van der Waals surface area contributed by atoms with Crippen LogP contribution in [0.3, 0.4) is 0 Å². The van der Waals surface area contributed by atoms with E-state index in [4.69, 9.17) is 5.10 Å². The third-order valence-corrected chi connectivity index (χ3v) is 7.15. The van der Waals surface area contributed by atoms with Crippen molar-refractivity contribution in [2.24, 2.45) is 17.8 Å². The molecule has 3 aliphatic heterocycles. The van der Waals surface area contributed by atoms with E-state index in [1.807, 2.05) is 16.9 Å². The van der Waals surface area contributed by atoms with Crippen LogP contribution in [-0.2, 0) is 13.0 Å². The van der Waals surface area contributed by atoms with E-state index in [-0.39, 0.29) is 5.92 Å². The largest absolute Gasteiger partial charge is 0.303 e. The Bertz CT molecular complexity index is 1050. The van der Waals surface area contributed by atoms with Crippen molar-refractivity contribution in [1.82, 2.24) is 19.7 Å². The van der Waals surface area contributed by atoms with Crippen LogP contribution in [0.5, 0.6) is 0 Å². The molecular formula is C23H24N4O. The lowest BCUT2D eigenvalue weighted by molar-refractivity contribution is 0.0192. The molecule has 0 spiro atoms. The maximum absolute atomic E-state index is 13.5. The summed E-state index contributed by atoms with van der Waals surface area (Å²) in [6, 6.07) is 10.4. The fraction of sp³-hybridized carbons (Fsp3) is 0.435. The summed E-state index contributed by atoms with van der Waals surface area (Å²) in [6.07, 6.45) is 6.90. The average Bonchev–Trinajstić information content (AvgIpc) is 3.10. The predicted octanol–water partition coefficient (Wildman–Crippen LogP) is 3.18. The van der Waals surface area contributed by atoms with Gasteiger partial charge in [0.25, 0.3) is 0 Å². The number of piperidine rings is 3. The summed E-state index contributed by atoms with van der Waals surface area (Å²) >= 11 is 0. The van der Waals surface area contributed by atoms with E-state index in [1.54, 1.807) is 6.20 Å². The van der Waals surface area contributed by atoms with Gasteiger partial charge in [-0.3, -0.25) is 14.5 Å². The molecule has 3 fully saturated rings. The van der Waals surface area contributed by atoms with Gasteiger partial charge in [0, 0.05) is 36.0 Å². The third kappa shape index (κ3) is 2.46. The van der Waals surface area contributed by atoms with Crippen LogP contribution in [0, 0.1) is 17.8 Å². The quantitative estimate of drug-likeness (QED) is 0.709. The first-order valence-electron chi connectivity index (χ1n) is 10.4. The Morgan fingerprint density at radius 2 is 1.89 bits per heavy atom. The molecule has 7 rings (SSSR count). The maximum Gasteiger partial charge on any atom is 0.168 e. The Balaban J connectivity index is 1.40. The van der Waals surface area contributed by atoms with Gasteiger partial charge < -0.3 is 4.90 Å². The minimum absolute atomic E-state index is 0.0630. The molecule has 142 valence electrons. The minimum Gasteiger partial charge on any atom is -0.303 e. The minimum atomic E-state index is 0.0630. The molecule has 5 heterocycles. The van der Waals surface area contributed by atoms with Crippen molar-refractivity contribution in [1.29, 1.82) is 0 Å². The first kappa shape index (κ1) is 16.4. The number of nitrogens with zero attached hydrogens (tertiary/aromatic N) is 4. The standard InChI is InChI=1S/C23H24N4O/c28-23-17(19-14-26-8-6-16(19)7-9-26)10-20-22-18(23)11-24-12-21(22)27(25-20)13-15-4-2-1-3-5-15/h1-5,11-12,16-17,19H,6-10,13-14H2/t17-,19?/m1/s1. The van der Waals surface area contributed by atoms with Crippen molar-refractivity contribution < 1.29 is 4.79 Å². The summed E-state index contributed by atoms with van der Waals surface area (Å²) in [5.41, 5.74) is 4.07. The van der Waals surface area contributed by atoms with E-state index >= 15 is 0 Å². The van der Waals surface area contributed by atoms with E-state index < -0.39 is 0 Å². The fourth-order valence-corrected chi connectivity index (χ4v) is 5.72. The summed E-state index contributed by atoms with van der Waals surface area (Å²) in [5.74, 6) is 1.52. The van der Waals surface area contributed by atoms with Crippen LogP contribution >= 0.6 is 0 Å². The smallest absolute Gasteiger partial charge is 0.168 e.